The number of hydrogen-bond donors (Lipinski definition) is 2. The predicted octanol–water partition coefficient (Wildman–Crippen LogP) is 0.611. The van der Waals surface area contributed by atoms with Crippen LogP contribution in [0.15, 0.2) is 29.2 Å². The summed E-state index contributed by atoms with van der Waals surface area (Å²) in [5, 5.41) is 6.23. The molecule has 9 heteroatoms. The molecule has 1 aromatic rings. The molecule has 0 saturated carbocycles. The van der Waals surface area contributed by atoms with E-state index < -0.39 is 10.0 Å². The molecule has 2 heterocycles. The highest BCUT2D eigenvalue weighted by Gasteiger charge is 2.27. The van der Waals surface area contributed by atoms with Gasteiger partial charge in [0.1, 0.15) is 0 Å². The van der Waals surface area contributed by atoms with Crippen LogP contribution in [-0.4, -0.2) is 64.1 Å². The smallest absolute Gasteiger partial charge is 0.251 e. The molecule has 2 N–H and O–H groups in total. The molecule has 1 amide bonds. The van der Waals surface area contributed by atoms with Gasteiger partial charge in [-0.1, -0.05) is 6.07 Å². The first-order chi connectivity index (χ1) is 11.6. The van der Waals surface area contributed by atoms with Crippen molar-refractivity contribution in [3.8, 4) is 0 Å². The lowest BCUT2D eigenvalue weighted by atomic mass is 10.1. The number of morpholine rings is 1. The number of rotatable bonds is 4. The average Bonchev–Trinajstić information content (AvgIpc) is 2.63. The number of carbonyl (C=O) groups excluding carboxylic acids is 1. The quantitative estimate of drug-likeness (QED) is 0.787. The topological polar surface area (TPSA) is 87.7 Å². The van der Waals surface area contributed by atoms with E-state index in [0.29, 0.717) is 31.9 Å². The molecular weight excluding hydrogens is 366 g/mol. The van der Waals surface area contributed by atoms with E-state index in [1.807, 2.05) is 0 Å². The van der Waals surface area contributed by atoms with Crippen LogP contribution in [0.4, 0.5) is 0 Å². The van der Waals surface area contributed by atoms with Crippen molar-refractivity contribution >= 4 is 28.3 Å². The minimum Gasteiger partial charge on any atom is -0.379 e. The molecule has 0 radical (unpaired) electrons. The number of amides is 1. The lowest BCUT2D eigenvalue weighted by Crippen LogP contribution is -2.43. The highest BCUT2D eigenvalue weighted by atomic mass is 35.5. The standard InChI is InChI=1S/C16H23N3O4S.ClH/c20-16(18-14-4-6-17-7-5-14)13-2-1-3-15(12-13)24(21,22)19-8-10-23-11-9-19;/h1-3,12,14,17H,4-11H2,(H,18,20);1H. The third kappa shape index (κ3) is 4.92. The summed E-state index contributed by atoms with van der Waals surface area (Å²) >= 11 is 0. The molecule has 140 valence electrons. The van der Waals surface area contributed by atoms with Crippen LogP contribution in [-0.2, 0) is 14.8 Å². The first-order valence-corrected chi connectivity index (χ1v) is 9.71. The Morgan fingerprint density at radius 1 is 1.20 bits per heavy atom. The Labute approximate surface area is 154 Å². The van der Waals surface area contributed by atoms with Gasteiger partial charge in [-0.15, -0.1) is 12.4 Å². The Bertz CT molecular complexity index is 686. The van der Waals surface area contributed by atoms with Gasteiger partial charge in [0.25, 0.3) is 5.91 Å². The summed E-state index contributed by atoms with van der Waals surface area (Å²) in [6.45, 7) is 3.25. The zero-order valence-electron chi connectivity index (χ0n) is 13.9. The van der Waals surface area contributed by atoms with E-state index in [2.05, 4.69) is 10.6 Å². The maximum Gasteiger partial charge on any atom is 0.251 e. The number of ether oxygens (including phenoxy) is 1. The number of piperidine rings is 1. The summed E-state index contributed by atoms with van der Waals surface area (Å²) in [5.74, 6) is -0.221. The number of benzene rings is 1. The molecule has 0 atom stereocenters. The van der Waals surface area contributed by atoms with Gasteiger partial charge in [-0.05, 0) is 44.1 Å². The van der Waals surface area contributed by atoms with Crippen molar-refractivity contribution in [2.45, 2.75) is 23.8 Å². The van der Waals surface area contributed by atoms with E-state index in [-0.39, 0.29) is 29.3 Å². The first-order valence-electron chi connectivity index (χ1n) is 8.27. The van der Waals surface area contributed by atoms with Crippen LogP contribution in [0.1, 0.15) is 23.2 Å². The number of sulfonamides is 1. The van der Waals surface area contributed by atoms with E-state index in [9.17, 15) is 13.2 Å². The molecule has 1 aromatic carbocycles. The number of halogens is 1. The zero-order valence-corrected chi connectivity index (χ0v) is 15.6. The molecule has 25 heavy (non-hydrogen) atoms. The van der Waals surface area contributed by atoms with Crippen molar-refractivity contribution in [3.63, 3.8) is 0 Å². The van der Waals surface area contributed by atoms with Crippen molar-refractivity contribution in [1.29, 1.82) is 0 Å². The number of nitrogens with one attached hydrogen (secondary N) is 2. The molecule has 0 spiro atoms. The molecule has 0 bridgehead atoms. The maximum absolute atomic E-state index is 12.7. The number of nitrogens with zero attached hydrogens (tertiary/aromatic N) is 1. The van der Waals surface area contributed by atoms with Crippen molar-refractivity contribution in [2.75, 3.05) is 39.4 Å². The molecule has 7 nitrogen and oxygen atoms in total. The Hall–Kier alpha value is -1.19. The Balaban J connectivity index is 0.00000225. The van der Waals surface area contributed by atoms with Crippen LogP contribution >= 0.6 is 12.4 Å². The number of hydrogen-bond acceptors (Lipinski definition) is 5. The first kappa shape index (κ1) is 20.1. The van der Waals surface area contributed by atoms with Crippen molar-refractivity contribution < 1.29 is 17.9 Å². The average molecular weight is 390 g/mol. The lowest BCUT2D eigenvalue weighted by molar-refractivity contribution is 0.0730. The third-order valence-corrected chi connectivity index (χ3v) is 6.27. The van der Waals surface area contributed by atoms with E-state index in [1.165, 1.54) is 16.4 Å². The molecule has 3 rings (SSSR count). The van der Waals surface area contributed by atoms with Gasteiger partial charge in [0.15, 0.2) is 0 Å². The van der Waals surface area contributed by atoms with Crippen LogP contribution in [0.5, 0.6) is 0 Å². The molecular formula is C16H24ClN3O4S. The number of carbonyl (C=O) groups is 1. The molecule has 2 aliphatic heterocycles. The zero-order chi connectivity index (χ0) is 17.0. The fraction of sp³-hybridized carbons (Fsp3) is 0.562. The summed E-state index contributed by atoms with van der Waals surface area (Å²) in [6.07, 6.45) is 1.77. The van der Waals surface area contributed by atoms with E-state index in [4.69, 9.17) is 4.74 Å². The molecule has 2 fully saturated rings. The van der Waals surface area contributed by atoms with Gasteiger partial charge in [0, 0.05) is 24.7 Å². The molecule has 2 aliphatic rings. The van der Waals surface area contributed by atoms with Gasteiger partial charge in [0.2, 0.25) is 10.0 Å². The molecule has 2 saturated heterocycles. The fourth-order valence-electron chi connectivity index (χ4n) is 2.97. The highest BCUT2D eigenvalue weighted by molar-refractivity contribution is 7.89. The van der Waals surface area contributed by atoms with Crippen LogP contribution in [0, 0.1) is 0 Å². The van der Waals surface area contributed by atoms with Gasteiger partial charge in [0.05, 0.1) is 18.1 Å². The highest BCUT2D eigenvalue weighted by Crippen LogP contribution is 2.18. The van der Waals surface area contributed by atoms with Gasteiger partial charge in [-0.3, -0.25) is 4.79 Å². The van der Waals surface area contributed by atoms with E-state index >= 15 is 0 Å². The van der Waals surface area contributed by atoms with Crippen LogP contribution < -0.4 is 10.6 Å². The summed E-state index contributed by atoms with van der Waals surface area (Å²) in [5.41, 5.74) is 0.378. The Kier molecular flexibility index (Phi) is 7.21. The largest absolute Gasteiger partial charge is 0.379 e. The lowest BCUT2D eigenvalue weighted by Gasteiger charge is -2.26. The monoisotopic (exact) mass is 389 g/mol. The minimum atomic E-state index is -3.59. The van der Waals surface area contributed by atoms with Gasteiger partial charge >= 0.3 is 0 Å². The second-order valence-electron chi connectivity index (χ2n) is 6.04. The van der Waals surface area contributed by atoms with Crippen molar-refractivity contribution in [3.05, 3.63) is 29.8 Å². The SMILES string of the molecule is Cl.O=C(NC1CCNCC1)c1cccc(S(=O)(=O)N2CCOCC2)c1. The Morgan fingerprint density at radius 3 is 2.56 bits per heavy atom. The van der Waals surface area contributed by atoms with Crippen LogP contribution in [0.3, 0.4) is 0 Å². The summed E-state index contributed by atoms with van der Waals surface area (Å²) in [6, 6.07) is 6.39. The van der Waals surface area contributed by atoms with Gasteiger partial charge in [-0.25, -0.2) is 8.42 Å². The third-order valence-electron chi connectivity index (χ3n) is 4.38. The minimum absolute atomic E-state index is 0. The molecule has 0 unspecified atom stereocenters. The molecule has 0 aromatic heterocycles. The van der Waals surface area contributed by atoms with E-state index in [0.717, 1.165) is 25.9 Å². The normalized spacial score (nSPS) is 19.8. The second kappa shape index (κ2) is 8.95. The van der Waals surface area contributed by atoms with Crippen molar-refractivity contribution in [2.24, 2.45) is 0 Å². The van der Waals surface area contributed by atoms with Crippen molar-refractivity contribution in [1.82, 2.24) is 14.9 Å². The Morgan fingerprint density at radius 2 is 1.88 bits per heavy atom. The summed E-state index contributed by atoms with van der Waals surface area (Å²) in [7, 11) is -3.59. The molecule has 0 aliphatic carbocycles. The predicted molar refractivity (Wildman–Crippen MR) is 96.6 cm³/mol. The van der Waals surface area contributed by atoms with Crippen LogP contribution in [0.25, 0.3) is 0 Å². The van der Waals surface area contributed by atoms with Crippen LogP contribution in [0.2, 0.25) is 0 Å². The summed E-state index contributed by atoms with van der Waals surface area (Å²) < 4.78 is 32.0. The second-order valence-corrected chi connectivity index (χ2v) is 7.98. The fourth-order valence-corrected chi connectivity index (χ4v) is 4.42. The van der Waals surface area contributed by atoms with Gasteiger partial charge < -0.3 is 15.4 Å². The summed E-state index contributed by atoms with van der Waals surface area (Å²) in [4.78, 5) is 12.6. The maximum atomic E-state index is 12.7. The van der Waals surface area contributed by atoms with Gasteiger partial charge in [-0.2, -0.15) is 4.31 Å². The van der Waals surface area contributed by atoms with E-state index in [1.54, 1.807) is 12.1 Å².